The number of thioether (sulfide) groups is 1. The Labute approximate surface area is 101 Å². The molecule has 3 heteroatoms. The molecule has 84 valence electrons. The van der Waals surface area contributed by atoms with E-state index < -0.39 is 0 Å². The van der Waals surface area contributed by atoms with Crippen LogP contribution in [-0.4, -0.2) is 24.1 Å². The van der Waals surface area contributed by atoms with Gasteiger partial charge in [0.15, 0.2) is 0 Å². The fraction of sp³-hybridized carbons (Fsp3) is 0.667. The van der Waals surface area contributed by atoms with Crippen molar-refractivity contribution in [1.82, 2.24) is 5.32 Å². The minimum Gasteiger partial charge on any atom is -0.315 e. The maximum Gasteiger partial charge on any atom is 0.0172 e. The van der Waals surface area contributed by atoms with Gasteiger partial charge in [-0.05, 0) is 43.0 Å². The van der Waals surface area contributed by atoms with Crippen LogP contribution in [0.25, 0.3) is 0 Å². The number of hydrogen-bond acceptors (Lipinski definition) is 3. The third-order valence-corrected chi connectivity index (χ3v) is 5.11. The molecule has 0 spiro atoms. The molecule has 1 nitrogen and oxygen atoms in total. The lowest BCUT2D eigenvalue weighted by molar-refractivity contribution is 0.599. The van der Waals surface area contributed by atoms with Crippen molar-refractivity contribution in [2.75, 3.05) is 18.8 Å². The maximum atomic E-state index is 3.58. The van der Waals surface area contributed by atoms with Crippen LogP contribution in [0.3, 0.4) is 0 Å². The average Bonchev–Trinajstić information content (AvgIpc) is 2.79. The highest BCUT2D eigenvalue weighted by Crippen LogP contribution is 2.24. The van der Waals surface area contributed by atoms with Gasteiger partial charge in [0.25, 0.3) is 0 Å². The summed E-state index contributed by atoms with van der Waals surface area (Å²) in [6.07, 6.45) is 5.46. The molecule has 1 aromatic heterocycles. The first-order valence-corrected chi connectivity index (χ1v) is 7.73. The van der Waals surface area contributed by atoms with E-state index in [2.05, 4.69) is 34.6 Å². The SMILES string of the molecule is c1csc(CCNCC2CCCCS2)c1. The van der Waals surface area contributed by atoms with E-state index in [9.17, 15) is 0 Å². The molecule has 1 aliphatic rings. The Balaban J connectivity index is 1.54. The lowest BCUT2D eigenvalue weighted by atomic mass is 10.2. The lowest BCUT2D eigenvalue weighted by Crippen LogP contribution is -2.28. The first kappa shape index (κ1) is 11.5. The molecule has 1 N–H and O–H groups in total. The van der Waals surface area contributed by atoms with Gasteiger partial charge in [-0.3, -0.25) is 0 Å². The lowest BCUT2D eigenvalue weighted by Gasteiger charge is -2.21. The van der Waals surface area contributed by atoms with E-state index in [4.69, 9.17) is 0 Å². The molecule has 0 aliphatic carbocycles. The van der Waals surface area contributed by atoms with Crippen LogP contribution in [0.4, 0.5) is 0 Å². The molecule has 1 atom stereocenters. The third kappa shape index (κ3) is 4.17. The Bertz CT molecular complexity index is 253. The standard InChI is InChI=1S/C12H19NS2/c1-2-8-15-12(4-1)10-13-7-6-11-5-3-9-14-11/h3,5,9,12-13H,1-2,4,6-8,10H2. The second-order valence-corrected chi connectivity index (χ2v) is 6.46. The molecule has 0 radical (unpaired) electrons. The van der Waals surface area contributed by atoms with Gasteiger partial charge >= 0.3 is 0 Å². The summed E-state index contributed by atoms with van der Waals surface area (Å²) in [7, 11) is 0. The average molecular weight is 241 g/mol. The molecule has 2 heterocycles. The smallest absolute Gasteiger partial charge is 0.0172 e. The predicted octanol–water partition coefficient (Wildman–Crippen LogP) is 3.17. The zero-order chi connectivity index (χ0) is 10.3. The van der Waals surface area contributed by atoms with E-state index in [0.29, 0.717) is 0 Å². The highest BCUT2D eigenvalue weighted by atomic mass is 32.2. The summed E-state index contributed by atoms with van der Waals surface area (Å²) in [5.41, 5.74) is 0. The molecular weight excluding hydrogens is 222 g/mol. The van der Waals surface area contributed by atoms with Crippen LogP contribution in [-0.2, 0) is 6.42 Å². The summed E-state index contributed by atoms with van der Waals surface area (Å²) in [6, 6.07) is 4.36. The van der Waals surface area contributed by atoms with Gasteiger partial charge in [0.05, 0.1) is 0 Å². The molecule has 0 bridgehead atoms. The Hall–Kier alpha value is 0.01000. The van der Waals surface area contributed by atoms with E-state index in [-0.39, 0.29) is 0 Å². The van der Waals surface area contributed by atoms with Gasteiger partial charge < -0.3 is 5.32 Å². The molecule has 1 unspecified atom stereocenters. The van der Waals surface area contributed by atoms with Crippen LogP contribution in [0, 0.1) is 0 Å². The van der Waals surface area contributed by atoms with Crippen LogP contribution in [0.2, 0.25) is 0 Å². The number of hydrogen-bond donors (Lipinski definition) is 1. The van der Waals surface area contributed by atoms with E-state index in [1.165, 1.54) is 42.9 Å². The Morgan fingerprint density at radius 1 is 1.40 bits per heavy atom. The Morgan fingerprint density at radius 2 is 2.40 bits per heavy atom. The minimum absolute atomic E-state index is 0.877. The molecule has 15 heavy (non-hydrogen) atoms. The summed E-state index contributed by atoms with van der Waals surface area (Å²) in [6.45, 7) is 2.34. The van der Waals surface area contributed by atoms with Crippen molar-refractivity contribution < 1.29 is 0 Å². The van der Waals surface area contributed by atoms with Crippen molar-refractivity contribution in [3.05, 3.63) is 22.4 Å². The molecule has 1 aliphatic heterocycles. The second kappa shape index (κ2) is 6.56. The summed E-state index contributed by atoms with van der Waals surface area (Å²) < 4.78 is 0. The molecule has 0 saturated carbocycles. The normalized spacial score (nSPS) is 21.7. The van der Waals surface area contributed by atoms with Crippen molar-refractivity contribution in [3.8, 4) is 0 Å². The van der Waals surface area contributed by atoms with E-state index in [0.717, 1.165) is 11.8 Å². The van der Waals surface area contributed by atoms with Crippen molar-refractivity contribution in [2.24, 2.45) is 0 Å². The highest BCUT2D eigenvalue weighted by molar-refractivity contribution is 7.99. The quantitative estimate of drug-likeness (QED) is 0.795. The van der Waals surface area contributed by atoms with Crippen molar-refractivity contribution in [2.45, 2.75) is 30.9 Å². The van der Waals surface area contributed by atoms with E-state index in [1.54, 1.807) is 0 Å². The molecule has 1 aromatic rings. The largest absolute Gasteiger partial charge is 0.315 e. The second-order valence-electron chi connectivity index (χ2n) is 4.02. The van der Waals surface area contributed by atoms with Gasteiger partial charge in [-0.15, -0.1) is 11.3 Å². The number of nitrogens with one attached hydrogen (secondary N) is 1. The van der Waals surface area contributed by atoms with Gasteiger partial charge in [-0.1, -0.05) is 12.5 Å². The van der Waals surface area contributed by atoms with Crippen molar-refractivity contribution in [1.29, 1.82) is 0 Å². The molecule has 1 fully saturated rings. The van der Waals surface area contributed by atoms with E-state index in [1.807, 2.05) is 11.3 Å². The van der Waals surface area contributed by atoms with E-state index >= 15 is 0 Å². The topological polar surface area (TPSA) is 12.0 Å². The summed E-state index contributed by atoms with van der Waals surface area (Å²) in [5, 5.41) is 6.62. The van der Waals surface area contributed by atoms with Gasteiger partial charge in [0.1, 0.15) is 0 Å². The molecule has 1 saturated heterocycles. The van der Waals surface area contributed by atoms with Crippen LogP contribution in [0.5, 0.6) is 0 Å². The van der Waals surface area contributed by atoms with Gasteiger partial charge in [-0.25, -0.2) is 0 Å². The summed E-state index contributed by atoms with van der Waals surface area (Å²) >= 11 is 4.01. The predicted molar refractivity (Wildman–Crippen MR) is 71.0 cm³/mol. The van der Waals surface area contributed by atoms with Crippen molar-refractivity contribution in [3.63, 3.8) is 0 Å². The van der Waals surface area contributed by atoms with Gasteiger partial charge in [0, 0.05) is 16.7 Å². The molecule has 2 rings (SSSR count). The fourth-order valence-corrected chi connectivity index (χ4v) is 3.88. The summed E-state index contributed by atoms with van der Waals surface area (Å²) in [5.74, 6) is 1.37. The molecular formula is C12H19NS2. The molecule has 0 aromatic carbocycles. The zero-order valence-electron chi connectivity index (χ0n) is 9.08. The van der Waals surface area contributed by atoms with Gasteiger partial charge in [0.2, 0.25) is 0 Å². The number of rotatable bonds is 5. The maximum absolute atomic E-state index is 3.58. The monoisotopic (exact) mass is 241 g/mol. The van der Waals surface area contributed by atoms with Crippen LogP contribution < -0.4 is 5.32 Å². The van der Waals surface area contributed by atoms with Gasteiger partial charge in [-0.2, -0.15) is 11.8 Å². The van der Waals surface area contributed by atoms with Crippen LogP contribution in [0.1, 0.15) is 24.1 Å². The summed E-state index contributed by atoms with van der Waals surface area (Å²) in [4.78, 5) is 1.50. The minimum atomic E-state index is 0.877. The first-order valence-electron chi connectivity index (χ1n) is 5.80. The van der Waals surface area contributed by atoms with Crippen molar-refractivity contribution >= 4 is 23.1 Å². The fourth-order valence-electron chi connectivity index (χ4n) is 1.90. The Kier molecular flexibility index (Phi) is 5.03. The zero-order valence-corrected chi connectivity index (χ0v) is 10.7. The number of thiophene rings is 1. The third-order valence-electron chi connectivity index (χ3n) is 2.77. The molecule has 0 amide bonds. The Morgan fingerprint density at radius 3 is 3.13 bits per heavy atom. The van der Waals surface area contributed by atoms with Crippen LogP contribution in [0.15, 0.2) is 17.5 Å². The highest BCUT2D eigenvalue weighted by Gasteiger charge is 2.12. The first-order chi connectivity index (χ1) is 7.45. The van der Waals surface area contributed by atoms with Crippen LogP contribution >= 0.6 is 23.1 Å².